The van der Waals surface area contributed by atoms with Crippen LogP contribution in [0.5, 0.6) is 0 Å². The van der Waals surface area contributed by atoms with Crippen LogP contribution < -0.4 is 0 Å². The topological polar surface area (TPSA) is 82.2 Å². The normalized spacial score (nSPS) is 17.5. The molecule has 202 valence electrons. The Balaban J connectivity index is 2.24. The number of hydrogen-bond acceptors (Lipinski definition) is 5. The van der Waals surface area contributed by atoms with Crippen LogP contribution in [0.3, 0.4) is 0 Å². The largest absolute Gasteiger partial charge is 0.432 e. The van der Waals surface area contributed by atoms with E-state index in [9.17, 15) is 23.2 Å². The Morgan fingerprint density at radius 2 is 2.00 bits per heavy atom. The first-order valence-electron chi connectivity index (χ1n) is 12.4. The van der Waals surface area contributed by atoms with Crippen LogP contribution in [-0.2, 0) is 4.79 Å². The van der Waals surface area contributed by atoms with Gasteiger partial charge in [0.15, 0.2) is 0 Å². The molecule has 1 amide bonds. The molecule has 0 spiro atoms. The highest BCUT2D eigenvalue weighted by Gasteiger charge is 2.37. The number of amides is 1. The summed E-state index contributed by atoms with van der Waals surface area (Å²) in [6, 6.07) is 4.10. The lowest BCUT2D eigenvalue weighted by Crippen LogP contribution is -2.43. The molecule has 1 saturated heterocycles. The Labute approximate surface area is 222 Å². The number of allylic oxidation sites excluding steroid dienone is 7. The van der Waals surface area contributed by atoms with Gasteiger partial charge < -0.3 is 4.90 Å². The van der Waals surface area contributed by atoms with E-state index in [2.05, 4.69) is 34.5 Å². The zero-order chi connectivity index (χ0) is 28.3. The molecule has 0 atom stereocenters. The van der Waals surface area contributed by atoms with Gasteiger partial charge in [-0.25, -0.2) is 9.97 Å². The molecule has 2 rings (SSSR count). The number of carbonyl (C=O) groups is 1. The van der Waals surface area contributed by atoms with Crippen molar-refractivity contribution in [3.8, 4) is 6.07 Å². The van der Waals surface area contributed by atoms with E-state index in [-0.39, 0.29) is 12.3 Å². The maximum absolute atomic E-state index is 13.6. The first-order valence-corrected chi connectivity index (χ1v) is 12.4. The van der Waals surface area contributed by atoms with Crippen molar-refractivity contribution in [2.75, 3.05) is 13.1 Å². The Hall–Kier alpha value is -3.80. The zero-order valence-corrected chi connectivity index (χ0v) is 22.3. The Kier molecular flexibility index (Phi) is 10.9. The molecule has 0 saturated carbocycles. The summed E-state index contributed by atoms with van der Waals surface area (Å²) >= 11 is 0. The Morgan fingerprint density at radius 3 is 2.53 bits per heavy atom. The van der Waals surface area contributed by atoms with E-state index in [4.69, 9.17) is 0 Å². The average molecular weight is 526 g/mol. The molecule has 0 N–H and O–H groups in total. The third-order valence-electron chi connectivity index (χ3n) is 6.67. The lowest BCUT2D eigenvalue weighted by molar-refractivity contribution is -0.128. The first-order chi connectivity index (χ1) is 18.0. The fraction of sp³-hybridized carbons (Fsp3) is 0.414. The smallest absolute Gasteiger partial charge is 0.339 e. The summed E-state index contributed by atoms with van der Waals surface area (Å²) in [4.78, 5) is 27.0. The standard InChI is InChI=1S/C29H34F3N5O/c1-6-21(3)9-8-10-25(22(4)26-11-14-34-20-36-26)27(38)37-15-12-28(19-33,13-16-37)17-24(7-2)18-35-23(5)29(30,31)32/h7-11,14,18,20H,5-6,12-13,15-17H2,1-4H3/b10-8-,21-9+,24-7-,25-22-,35-18?. The van der Waals surface area contributed by atoms with Gasteiger partial charge in [-0.2, -0.15) is 18.4 Å². The molecule has 1 fully saturated rings. The number of alkyl halides is 3. The van der Waals surface area contributed by atoms with Crippen molar-refractivity contribution in [3.05, 3.63) is 77.6 Å². The molecule has 6 nitrogen and oxygen atoms in total. The maximum Gasteiger partial charge on any atom is 0.432 e. The summed E-state index contributed by atoms with van der Waals surface area (Å²) in [5.41, 5.74) is 1.53. The van der Waals surface area contributed by atoms with Crippen LogP contribution in [0.1, 0.15) is 59.1 Å². The maximum atomic E-state index is 13.6. The van der Waals surface area contributed by atoms with Crippen molar-refractivity contribution in [1.82, 2.24) is 14.9 Å². The zero-order valence-electron chi connectivity index (χ0n) is 22.3. The van der Waals surface area contributed by atoms with Gasteiger partial charge in [0.25, 0.3) is 5.91 Å². The van der Waals surface area contributed by atoms with Gasteiger partial charge >= 0.3 is 6.18 Å². The summed E-state index contributed by atoms with van der Waals surface area (Å²) in [6.07, 6.45) is 8.72. The molecule has 2 heterocycles. The third kappa shape index (κ3) is 8.37. The second kappa shape index (κ2) is 13.7. The number of hydrogen-bond donors (Lipinski definition) is 0. The van der Waals surface area contributed by atoms with Gasteiger partial charge in [0, 0.05) is 31.1 Å². The van der Waals surface area contributed by atoms with Crippen LogP contribution in [0.15, 0.2) is 76.9 Å². The number of carbonyl (C=O) groups excluding carboxylic acids is 1. The summed E-state index contributed by atoms with van der Waals surface area (Å²) in [6.45, 7) is 11.2. The van der Waals surface area contributed by atoms with E-state index in [0.29, 0.717) is 48.3 Å². The van der Waals surface area contributed by atoms with Crippen LogP contribution in [0.2, 0.25) is 0 Å². The molecule has 0 aromatic carbocycles. The predicted octanol–water partition coefficient (Wildman–Crippen LogP) is 6.78. The van der Waals surface area contributed by atoms with Crippen molar-refractivity contribution < 1.29 is 18.0 Å². The molecule has 0 bridgehead atoms. The van der Waals surface area contributed by atoms with Gasteiger partial charge in [-0.15, -0.1) is 0 Å². The van der Waals surface area contributed by atoms with Crippen LogP contribution in [0, 0.1) is 16.7 Å². The number of aliphatic imine (C=N–C) groups is 1. The number of halogens is 3. The molecule has 1 aliphatic rings. The van der Waals surface area contributed by atoms with Crippen molar-refractivity contribution in [1.29, 1.82) is 5.26 Å². The molecule has 38 heavy (non-hydrogen) atoms. The van der Waals surface area contributed by atoms with E-state index < -0.39 is 17.3 Å². The monoisotopic (exact) mass is 525 g/mol. The third-order valence-corrected chi connectivity index (χ3v) is 6.67. The van der Waals surface area contributed by atoms with Crippen LogP contribution >= 0.6 is 0 Å². The quantitative estimate of drug-likeness (QED) is 0.202. The Bertz CT molecular complexity index is 1190. The molecule has 1 aliphatic heterocycles. The van der Waals surface area contributed by atoms with Crippen molar-refractivity contribution in [3.63, 3.8) is 0 Å². The van der Waals surface area contributed by atoms with E-state index in [1.807, 2.05) is 26.0 Å². The lowest BCUT2D eigenvalue weighted by Gasteiger charge is -2.38. The van der Waals surface area contributed by atoms with Crippen molar-refractivity contribution in [2.24, 2.45) is 10.4 Å². The predicted molar refractivity (Wildman–Crippen MR) is 144 cm³/mol. The molecule has 1 aromatic heterocycles. The van der Waals surface area contributed by atoms with E-state index in [1.54, 1.807) is 36.2 Å². The summed E-state index contributed by atoms with van der Waals surface area (Å²) in [7, 11) is 0. The van der Waals surface area contributed by atoms with E-state index in [1.165, 1.54) is 11.9 Å². The van der Waals surface area contributed by atoms with Gasteiger partial charge in [-0.05, 0) is 69.7 Å². The second-order valence-electron chi connectivity index (χ2n) is 9.29. The highest BCUT2D eigenvalue weighted by Crippen LogP contribution is 2.37. The number of nitriles is 1. The fourth-order valence-electron chi connectivity index (χ4n) is 3.92. The second-order valence-corrected chi connectivity index (χ2v) is 9.29. The van der Waals surface area contributed by atoms with E-state index >= 15 is 0 Å². The molecule has 0 radical (unpaired) electrons. The molecule has 0 unspecified atom stereocenters. The van der Waals surface area contributed by atoms with Gasteiger partial charge in [-0.1, -0.05) is 37.3 Å². The minimum Gasteiger partial charge on any atom is -0.339 e. The van der Waals surface area contributed by atoms with Crippen LogP contribution in [0.25, 0.3) is 5.57 Å². The first kappa shape index (κ1) is 30.4. The summed E-state index contributed by atoms with van der Waals surface area (Å²) in [5.74, 6) is -0.166. The fourth-order valence-corrected chi connectivity index (χ4v) is 3.92. The molecular formula is C29H34F3N5O. The number of piperidine rings is 1. The van der Waals surface area contributed by atoms with Gasteiger partial charge in [-0.3, -0.25) is 9.79 Å². The number of rotatable bonds is 9. The molecular weight excluding hydrogens is 491 g/mol. The minimum absolute atomic E-state index is 0.166. The highest BCUT2D eigenvalue weighted by molar-refractivity contribution is 6.03. The number of nitrogens with zero attached hydrogens (tertiary/aromatic N) is 5. The number of aromatic nitrogens is 2. The average Bonchev–Trinajstić information content (AvgIpc) is 2.92. The van der Waals surface area contributed by atoms with Crippen molar-refractivity contribution >= 4 is 17.7 Å². The molecule has 9 heteroatoms. The molecule has 1 aromatic rings. The van der Waals surface area contributed by atoms with E-state index in [0.717, 1.165) is 12.6 Å². The van der Waals surface area contributed by atoms with Crippen molar-refractivity contribution in [2.45, 2.75) is 59.6 Å². The minimum atomic E-state index is -4.61. The van der Waals surface area contributed by atoms with Crippen LogP contribution in [-0.4, -0.2) is 46.3 Å². The Morgan fingerprint density at radius 1 is 1.32 bits per heavy atom. The summed E-state index contributed by atoms with van der Waals surface area (Å²) < 4.78 is 38.2. The summed E-state index contributed by atoms with van der Waals surface area (Å²) in [5, 5.41) is 9.99. The van der Waals surface area contributed by atoms with Gasteiger partial charge in [0.2, 0.25) is 0 Å². The lowest BCUT2D eigenvalue weighted by atomic mass is 9.75. The highest BCUT2D eigenvalue weighted by atomic mass is 19.4. The molecule has 0 aliphatic carbocycles. The van der Waals surface area contributed by atoms with Gasteiger partial charge in [0.1, 0.15) is 12.0 Å². The number of likely N-dealkylation sites (tertiary alicyclic amines) is 1. The SMILES string of the molecule is C=C(N=C/C(=C\C)CC1(C#N)CCN(C(=O)C(/C=C\C=C(/C)CC)=C(/C)c2ccncn2)CC1)C(F)(F)F. The van der Waals surface area contributed by atoms with Gasteiger partial charge in [0.05, 0.1) is 17.2 Å². The van der Waals surface area contributed by atoms with Crippen LogP contribution in [0.4, 0.5) is 13.2 Å².